The maximum Gasteiger partial charge on any atom is 0.355 e. The number of nitriles is 1. The van der Waals surface area contributed by atoms with E-state index in [0.717, 1.165) is 0 Å². The molecule has 0 atom stereocenters. The van der Waals surface area contributed by atoms with Gasteiger partial charge in [-0.05, 0) is 23.6 Å². The van der Waals surface area contributed by atoms with Crippen molar-refractivity contribution in [2.45, 2.75) is 20.8 Å². The Morgan fingerprint density at radius 1 is 1.46 bits per heavy atom. The number of hydrogen-bond acceptors (Lipinski definition) is 4. The summed E-state index contributed by atoms with van der Waals surface area (Å²) in [6.07, 6.45) is 0. The third kappa shape index (κ3) is 3.69. The van der Waals surface area contributed by atoms with Gasteiger partial charge in [0.15, 0.2) is 5.69 Å². The van der Waals surface area contributed by atoms with Gasteiger partial charge in [-0.3, -0.25) is 4.68 Å². The molecule has 0 aliphatic rings. The fourth-order valence-electron chi connectivity index (χ4n) is 2.10. The molecule has 0 fully saturated rings. The highest BCUT2D eigenvalue weighted by molar-refractivity contribution is 6.35. The minimum atomic E-state index is -1.16. The molecule has 24 heavy (non-hydrogen) atoms. The Labute approximate surface area is 145 Å². The summed E-state index contributed by atoms with van der Waals surface area (Å²) in [5, 5.41) is 22.7. The van der Waals surface area contributed by atoms with Gasteiger partial charge in [0, 0.05) is 12.6 Å². The number of hydrogen-bond donors (Lipinski definition) is 1. The van der Waals surface area contributed by atoms with E-state index < -0.39 is 5.97 Å². The van der Waals surface area contributed by atoms with Crippen molar-refractivity contribution >= 4 is 17.6 Å². The van der Waals surface area contributed by atoms with Crippen molar-refractivity contribution in [3.63, 3.8) is 0 Å². The van der Waals surface area contributed by atoms with Gasteiger partial charge in [0.25, 0.3) is 0 Å². The summed E-state index contributed by atoms with van der Waals surface area (Å²) in [5.74, 6) is -0.687. The van der Waals surface area contributed by atoms with Crippen LogP contribution in [0.3, 0.4) is 0 Å². The van der Waals surface area contributed by atoms with Crippen LogP contribution in [0.5, 0.6) is 5.75 Å². The molecular formula is C17H18ClN3O3. The summed E-state index contributed by atoms with van der Waals surface area (Å²) >= 11 is 6.14. The van der Waals surface area contributed by atoms with E-state index >= 15 is 0 Å². The minimum Gasteiger partial charge on any atom is -0.492 e. The van der Waals surface area contributed by atoms with E-state index in [1.807, 2.05) is 20.8 Å². The van der Waals surface area contributed by atoms with Crippen molar-refractivity contribution in [1.82, 2.24) is 9.78 Å². The Morgan fingerprint density at radius 3 is 2.62 bits per heavy atom. The van der Waals surface area contributed by atoms with Gasteiger partial charge in [0.05, 0.1) is 12.2 Å². The lowest BCUT2D eigenvalue weighted by atomic mass is 9.98. The van der Waals surface area contributed by atoms with Gasteiger partial charge in [0.2, 0.25) is 0 Å². The van der Waals surface area contributed by atoms with Crippen LogP contribution in [0.4, 0.5) is 0 Å². The highest BCUT2D eigenvalue weighted by Gasteiger charge is 2.22. The molecule has 0 unspecified atom stereocenters. The highest BCUT2D eigenvalue weighted by Crippen LogP contribution is 2.33. The summed E-state index contributed by atoms with van der Waals surface area (Å²) in [4.78, 5) is 11.2. The SMILES string of the molecule is Cn1nc(-c2ccc(OCC(C)(C)C)c(C#N)c2)c(Cl)c1C(=O)O. The van der Waals surface area contributed by atoms with Crippen LogP contribution in [0.1, 0.15) is 36.8 Å². The third-order valence-corrected chi connectivity index (χ3v) is 3.58. The second-order valence-electron chi connectivity index (χ2n) is 6.61. The van der Waals surface area contributed by atoms with Crippen LogP contribution in [-0.4, -0.2) is 27.5 Å². The molecule has 0 bridgehead atoms. The van der Waals surface area contributed by atoms with Crippen LogP contribution >= 0.6 is 11.6 Å². The van der Waals surface area contributed by atoms with Crippen LogP contribution in [-0.2, 0) is 7.05 Å². The molecule has 0 spiro atoms. The molecule has 1 N–H and O–H groups in total. The second kappa shape index (κ2) is 6.54. The van der Waals surface area contributed by atoms with Crippen molar-refractivity contribution in [2.75, 3.05) is 6.61 Å². The molecule has 1 aromatic heterocycles. The first-order valence-electron chi connectivity index (χ1n) is 7.27. The Morgan fingerprint density at radius 2 is 2.12 bits per heavy atom. The molecule has 2 aromatic rings. The zero-order valence-corrected chi connectivity index (χ0v) is 14.7. The molecule has 1 heterocycles. The summed E-state index contributed by atoms with van der Waals surface area (Å²) < 4.78 is 6.91. The number of rotatable bonds is 4. The average Bonchev–Trinajstić information content (AvgIpc) is 2.79. The Hall–Kier alpha value is -2.52. The predicted octanol–water partition coefficient (Wildman–Crippen LogP) is 3.74. The largest absolute Gasteiger partial charge is 0.492 e. The number of aromatic nitrogens is 2. The van der Waals surface area contributed by atoms with Crippen LogP contribution < -0.4 is 4.74 Å². The van der Waals surface area contributed by atoms with E-state index in [0.29, 0.717) is 29.2 Å². The molecule has 0 saturated carbocycles. The molecule has 126 valence electrons. The first-order chi connectivity index (χ1) is 11.1. The van der Waals surface area contributed by atoms with Gasteiger partial charge in [-0.2, -0.15) is 10.4 Å². The van der Waals surface area contributed by atoms with Crippen molar-refractivity contribution in [3.8, 4) is 23.1 Å². The van der Waals surface area contributed by atoms with Crippen LogP contribution in [0.15, 0.2) is 18.2 Å². The van der Waals surface area contributed by atoms with Gasteiger partial charge in [-0.1, -0.05) is 32.4 Å². The lowest BCUT2D eigenvalue weighted by Gasteiger charge is -2.19. The molecule has 0 radical (unpaired) electrons. The number of halogens is 1. The lowest BCUT2D eigenvalue weighted by Crippen LogP contribution is -2.17. The fourth-order valence-corrected chi connectivity index (χ4v) is 2.45. The van der Waals surface area contributed by atoms with E-state index in [1.54, 1.807) is 18.2 Å². The number of nitrogens with zero attached hydrogens (tertiary/aromatic N) is 3. The standard InChI is InChI=1S/C17H18ClN3O3/c1-17(2,3)9-24-12-6-5-10(7-11(12)8-19)14-13(18)15(16(22)23)21(4)20-14/h5-7H,9H2,1-4H3,(H,22,23). The molecule has 1 aromatic carbocycles. The number of carboxylic acid groups (broad SMARTS) is 1. The van der Waals surface area contributed by atoms with Crippen LogP contribution in [0, 0.1) is 16.7 Å². The zero-order chi connectivity index (χ0) is 18.1. The van der Waals surface area contributed by atoms with Crippen molar-refractivity contribution < 1.29 is 14.6 Å². The molecule has 0 aliphatic carbocycles. The maximum absolute atomic E-state index is 11.2. The topological polar surface area (TPSA) is 88.1 Å². The molecular weight excluding hydrogens is 330 g/mol. The zero-order valence-electron chi connectivity index (χ0n) is 13.9. The summed E-state index contributed by atoms with van der Waals surface area (Å²) in [7, 11) is 1.50. The third-order valence-electron chi connectivity index (χ3n) is 3.23. The normalized spacial score (nSPS) is 11.2. The van der Waals surface area contributed by atoms with E-state index in [4.69, 9.17) is 16.3 Å². The van der Waals surface area contributed by atoms with Gasteiger partial charge in [-0.25, -0.2) is 4.79 Å². The number of ether oxygens (including phenoxy) is 1. The quantitative estimate of drug-likeness (QED) is 0.910. The number of carbonyl (C=O) groups is 1. The molecule has 0 aliphatic heterocycles. The van der Waals surface area contributed by atoms with Crippen LogP contribution in [0.25, 0.3) is 11.3 Å². The summed E-state index contributed by atoms with van der Waals surface area (Å²) in [6.45, 7) is 6.58. The van der Waals surface area contributed by atoms with Crippen molar-refractivity contribution in [2.24, 2.45) is 12.5 Å². The maximum atomic E-state index is 11.2. The van der Waals surface area contributed by atoms with Crippen LogP contribution in [0.2, 0.25) is 5.02 Å². The van der Waals surface area contributed by atoms with Gasteiger partial charge >= 0.3 is 5.97 Å². The van der Waals surface area contributed by atoms with Gasteiger partial charge in [-0.15, -0.1) is 0 Å². The van der Waals surface area contributed by atoms with Crippen molar-refractivity contribution in [1.29, 1.82) is 5.26 Å². The Balaban J connectivity index is 2.42. The molecule has 0 amide bonds. The average molecular weight is 348 g/mol. The summed E-state index contributed by atoms with van der Waals surface area (Å²) in [6, 6.07) is 7.06. The number of benzene rings is 1. The number of carboxylic acids is 1. The van der Waals surface area contributed by atoms with E-state index in [2.05, 4.69) is 11.2 Å². The monoisotopic (exact) mass is 347 g/mol. The van der Waals surface area contributed by atoms with E-state index in [-0.39, 0.29) is 16.1 Å². The predicted molar refractivity (Wildman–Crippen MR) is 90.3 cm³/mol. The number of aromatic carboxylic acids is 1. The Kier molecular flexibility index (Phi) is 4.86. The molecule has 2 rings (SSSR count). The molecule has 0 saturated heterocycles. The van der Waals surface area contributed by atoms with E-state index in [9.17, 15) is 15.2 Å². The first-order valence-corrected chi connectivity index (χ1v) is 7.65. The Bertz CT molecular complexity index is 829. The van der Waals surface area contributed by atoms with Crippen molar-refractivity contribution in [3.05, 3.63) is 34.5 Å². The minimum absolute atomic E-state index is 0.0356. The van der Waals surface area contributed by atoms with E-state index in [1.165, 1.54) is 11.7 Å². The second-order valence-corrected chi connectivity index (χ2v) is 6.99. The lowest BCUT2D eigenvalue weighted by molar-refractivity contribution is 0.0685. The molecule has 7 heteroatoms. The number of aryl methyl sites for hydroxylation is 1. The summed E-state index contributed by atoms with van der Waals surface area (Å²) in [5.41, 5.74) is 1.08. The fraction of sp³-hybridized carbons (Fsp3) is 0.353. The van der Waals surface area contributed by atoms with Gasteiger partial charge < -0.3 is 9.84 Å². The smallest absolute Gasteiger partial charge is 0.355 e. The first kappa shape index (κ1) is 17.8. The van der Waals surface area contributed by atoms with Gasteiger partial charge in [0.1, 0.15) is 22.5 Å². The molecule has 6 nitrogen and oxygen atoms in total. The highest BCUT2D eigenvalue weighted by atomic mass is 35.5.